The van der Waals surface area contributed by atoms with Crippen molar-refractivity contribution in [2.45, 2.75) is 24.8 Å². The smallest absolute Gasteiger partial charge is 0.321 e. The first-order valence-corrected chi connectivity index (χ1v) is 9.92. The van der Waals surface area contributed by atoms with E-state index in [4.69, 9.17) is 4.74 Å². The zero-order valence-electron chi connectivity index (χ0n) is 14.4. The lowest BCUT2D eigenvalue weighted by Crippen LogP contribution is -2.56. The number of rotatable bonds is 6. The molecular formula is C16H24FN3O4S. The van der Waals surface area contributed by atoms with Crippen molar-refractivity contribution in [1.29, 1.82) is 0 Å². The van der Waals surface area contributed by atoms with E-state index in [-0.39, 0.29) is 5.69 Å². The second kappa shape index (κ2) is 8.11. The van der Waals surface area contributed by atoms with E-state index in [1.807, 2.05) is 0 Å². The number of likely N-dealkylation sites (tertiary alicyclic amines) is 1. The maximum Gasteiger partial charge on any atom is 0.321 e. The van der Waals surface area contributed by atoms with Crippen LogP contribution in [0.5, 0.6) is 0 Å². The van der Waals surface area contributed by atoms with Crippen LogP contribution in [0.1, 0.15) is 19.3 Å². The van der Waals surface area contributed by atoms with Crippen LogP contribution in [-0.2, 0) is 14.8 Å². The summed E-state index contributed by atoms with van der Waals surface area (Å²) in [6.07, 6.45) is 2.58. The molecule has 1 heterocycles. The molecule has 0 aliphatic carbocycles. The molecule has 140 valence electrons. The van der Waals surface area contributed by atoms with Crippen molar-refractivity contribution < 1.29 is 22.3 Å². The number of nitrogens with zero attached hydrogens (tertiary/aromatic N) is 1. The molecule has 0 atom stereocenters. The van der Waals surface area contributed by atoms with Crippen LogP contribution in [-0.4, -0.2) is 57.9 Å². The number of piperidine rings is 1. The molecule has 0 saturated carbocycles. The summed E-state index contributed by atoms with van der Waals surface area (Å²) in [5.41, 5.74) is -0.503. The summed E-state index contributed by atoms with van der Waals surface area (Å²) in [5.74, 6) is -0.499. The summed E-state index contributed by atoms with van der Waals surface area (Å²) in [5, 5.41) is 2.55. The fourth-order valence-corrected chi connectivity index (χ4v) is 4.08. The van der Waals surface area contributed by atoms with Gasteiger partial charge in [-0.2, -0.15) is 0 Å². The molecule has 2 rings (SSSR count). The van der Waals surface area contributed by atoms with Crippen molar-refractivity contribution in [3.63, 3.8) is 0 Å². The first-order chi connectivity index (χ1) is 11.7. The van der Waals surface area contributed by atoms with Crippen molar-refractivity contribution in [2.75, 3.05) is 38.4 Å². The molecule has 0 unspecified atom stereocenters. The topological polar surface area (TPSA) is 87.7 Å². The van der Waals surface area contributed by atoms with Gasteiger partial charge in [-0.05, 0) is 31.4 Å². The van der Waals surface area contributed by atoms with Crippen molar-refractivity contribution in [2.24, 2.45) is 0 Å². The highest BCUT2D eigenvalue weighted by Gasteiger charge is 2.37. The Labute approximate surface area is 147 Å². The summed E-state index contributed by atoms with van der Waals surface area (Å²) in [6.45, 7) is 1.16. The first-order valence-electron chi connectivity index (χ1n) is 8.03. The Morgan fingerprint density at radius 1 is 1.32 bits per heavy atom. The van der Waals surface area contributed by atoms with Crippen LogP contribution in [0, 0.1) is 5.82 Å². The molecule has 0 bridgehead atoms. The molecule has 25 heavy (non-hydrogen) atoms. The van der Waals surface area contributed by atoms with Gasteiger partial charge in [0.25, 0.3) is 0 Å². The van der Waals surface area contributed by atoms with Crippen LogP contribution in [0.25, 0.3) is 0 Å². The molecule has 0 spiro atoms. The number of hydrogen-bond acceptors (Lipinski definition) is 4. The second-order valence-corrected chi connectivity index (χ2v) is 8.04. The van der Waals surface area contributed by atoms with Gasteiger partial charge in [0.1, 0.15) is 5.82 Å². The predicted octanol–water partition coefficient (Wildman–Crippen LogP) is 1.78. The van der Waals surface area contributed by atoms with Gasteiger partial charge in [0.15, 0.2) is 0 Å². The molecule has 7 nitrogen and oxygen atoms in total. The quantitative estimate of drug-likeness (QED) is 0.796. The molecule has 0 aromatic heterocycles. The molecule has 1 fully saturated rings. The van der Waals surface area contributed by atoms with Crippen LogP contribution in [0.2, 0.25) is 0 Å². The van der Waals surface area contributed by atoms with E-state index < -0.39 is 27.4 Å². The van der Waals surface area contributed by atoms with Gasteiger partial charge in [-0.25, -0.2) is 22.3 Å². The van der Waals surface area contributed by atoms with Gasteiger partial charge in [-0.1, -0.05) is 12.1 Å². The number of nitrogens with one attached hydrogen (secondary N) is 2. The summed E-state index contributed by atoms with van der Waals surface area (Å²) >= 11 is 0. The highest BCUT2D eigenvalue weighted by atomic mass is 32.2. The van der Waals surface area contributed by atoms with Crippen LogP contribution in [0.4, 0.5) is 14.9 Å². The normalized spacial score (nSPS) is 17.3. The minimum absolute atomic E-state index is 0.123. The minimum Gasteiger partial charge on any atom is -0.385 e. The molecular weight excluding hydrogens is 349 g/mol. The maximum atomic E-state index is 13.6. The monoisotopic (exact) mass is 373 g/mol. The van der Waals surface area contributed by atoms with Crippen LogP contribution < -0.4 is 10.0 Å². The van der Waals surface area contributed by atoms with Crippen molar-refractivity contribution in [3.8, 4) is 0 Å². The molecule has 1 aromatic carbocycles. The second-order valence-electron chi connectivity index (χ2n) is 6.29. The van der Waals surface area contributed by atoms with Gasteiger partial charge in [-0.3, -0.25) is 0 Å². The Morgan fingerprint density at radius 2 is 1.96 bits per heavy atom. The van der Waals surface area contributed by atoms with Gasteiger partial charge in [0, 0.05) is 32.3 Å². The van der Waals surface area contributed by atoms with Gasteiger partial charge in [-0.15, -0.1) is 0 Å². The fourth-order valence-electron chi connectivity index (χ4n) is 2.99. The number of sulfonamides is 1. The molecule has 0 radical (unpaired) electrons. The van der Waals surface area contributed by atoms with E-state index in [2.05, 4.69) is 10.0 Å². The number of hydrogen-bond donors (Lipinski definition) is 2. The predicted molar refractivity (Wildman–Crippen MR) is 93.4 cm³/mol. The third-order valence-electron chi connectivity index (χ3n) is 4.31. The Kier molecular flexibility index (Phi) is 6.36. The number of halogens is 1. The number of methoxy groups -OCH3 is 1. The Morgan fingerprint density at radius 3 is 2.52 bits per heavy atom. The molecule has 9 heteroatoms. The lowest BCUT2D eigenvalue weighted by atomic mass is 9.86. The Bertz CT molecular complexity index is 703. The summed E-state index contributed by atoms with van der Waals surface area (Å²) < 4.78 is 44.8. The van der Waals surface area contributed by atoms with Crippen LogP contribution in [0.15, 0.2) is 24.3 Å². The number of carbonyl (C=O) groups is 1. The summed E-state index contributed by atoms with van der Waals surface area (Å²) in [4.78, 5) is 13.9. The van der Waals surface area contributed by atoms with E-state index in [0.717, 1.165) is 6.26 Å². The number of ether oxygens (including phenoxy) is 1. The largest absolute Gasteiger partial charge is 0.385 e. The average Bonchev–Trinajstić information content (AvgIpc) is 2.54. The number of amides is 2. The number of urea groups is 1. The van der Waals surface area contributed by atoms with E-state index in [1.165, 1.54) is 12.1 Å². The highest BCUT2D eigenvalue weighted by molar-refractivity contribution is 7.88. The summed E-state index contributed by atoms with van der Waals surface area (Å²) in [6, 6.07) is 5.56. The van der Waals surface area contributed by atoms with Gasteiger partial charge < -0.3 is 15.0 Å². The molecule has 1 aromatic rings. The standard InChI is InChI=1S/C16H24FN3O4S/c1-24-12-9-16(19-25(2,22)23)7-10-20(11-8-16)15(21)18-14-6-4-3-5-13(14)17/h3-6,19H,7-12H2,1-2H3,(H,18,21). The minimum atomic E-state index is -3.38. The summed E-state index contributed by atoms with van der Waals surface area (Å²) in [7, 11) is -1.82. The Balaban J connectivity index is 2.00. The third-order valence-corrected chi connectivity index (χ3v) is 5.11. The van der Waals surface area contributed by atoms with Crippen molar-refractivity contribution in [3.05, 3.63) is 30.1 Å². The zero-order valence-corrected chi connectivity index (χ0v) is 15.2. The number of benzene rings is 1. The van der Waals surface area contributed by atoms with E-state index >= 15 is 0 Å². The Hall–Kier alpha value is -1.71. The first kappa shape index (κ1) is 19.6. The zero-order chi connectivity index (χ0) is 18.5. The maximum absolute atomic E-state index is 13.6. The lowest BCUT2D eigenvalue weighted by Gasteiger charge is -2.41. The molecule has 2 N–H and O–H groups in total. The van der Waals surface area contributed by atoms with E-state index in [9.17, 15) is 17.6 Å². The van der Waals surface area contributed by atoms with Crippen LogP contribution >= 0.6 is 0 Å². The number of para-hydroxylation sites is 1. The van der Waals surface area contributed by atoms with Gasteiger partial charge in [0.05, 0.1) is 11.9 Å². The molecule has 1 saturated heterocycles. The SMILES string of the molecule is COCCC1(NS(C)(=O)=O)CCN(C(=O)Nc2ccccc2F)CC1. The van der Waals surface area contributed by atoms with E-state index in [1.54, 1.807) is 24.1 Å². The average molecular weight is 373 g/mol. The van der Waals surface area contributed by atoms with E-state index in [0.29, 0.717) is 39.0 Å². The third kappa shape index (κ3) is 5.65. The van der Waals surface area contributed by atoms with Gasteiger partial charge in [0.2, 0.25) is 10.0 Å². The molecule has 2 amide bonds. The highest BCUT2D eigenvalue weighted by Crippen LogP contribution is 2.27. The van der Waals surface area contributed by atoms with Crippen molar-refractivity contribution in [1.82, 2.24) is 9.62 Å². The number of anilines is 1. The number of carbonyl (C=O) groups excluding carboxylic acids is 1. The van der Waals surface area contributed by atoms with Gasteiger partial charge >= 0.3 is 6.03 Å². The fraction of sp³-hybridized carbons (Fsp3) is 0.562. The van der Waals surface area contributed by atoms with Crippen LogP contribution in [0.3, 0.4) is 0 Å². The lowest BCUT2D eigenvalue weighted by molar-refractivity contribution is 0.119. The molecule has 1 aliphatic heterocycles. The van der Waals surface area contributed by atoms with Crippen molar-refractivity contribution >= 4 is 21.7 Å². The molecule has 1 aliphatic rings.